The molecule has 0 unspecified atom stereocenters. The van der Waals surface area contributed by atoms with Gasteiger partial charge in [-0.15, -0.1) is 0 Å². The molecule has 0 atom stereocenters. The molecule has 2 aliphatic heterocycles. The topological polar surface area (TPSA) is 55.4 Å². The van der Waals surface area contributed by atoms with Crippen LogP contribution in [0, 0.1) is 5.41 Å². The van der Waals surface area contributed by atoms with E-state index in [0.29, 0.717) is 26.4 Å². The molecule has 0 aliphatic carbocycles. The monoisotopic (exact) mass is 592 g/mol. The standard InChI is InChI=1S/C31H62O6P2/c1-3-5-7-9-11-13-15-17-19-21-23-25-32-38-34-27-31(28-35-38)29-36-39(37-30-31)33-26-24-22-20-18-16-14-12-10-8-6-4-2/h3-30H2,1-2H3. The van der Waals surface area contributed by atoms with Gasteiger partial charge in [0, 0.05) is 0 Å². The molecular weight excluding hydrogens is 530 g/mol. The maximum atomic E-state index is 5.91. The number of hydrogen-bond acceptors (Lipinski definition) is 6. The molecule has 0 amide bonds. The van der Waals surface area contributed by atoms with E-state index in [0.717, 1.165) is 26.1 Å². The fraction of sp³-hybridized carbons (Fsp3) is 1.00. The largest absolute Gasteiger partial charge is 0.332 e. The second-order valence-electron chi connectivity index (χ2n) is 11.8. The van der Waals surface area contributed by atoms with Gasteiger partial charge in [-0.2, -0.15) is 0 Å². The van der Waals surface area contributed by atoms with Gasteiger partial charge in [0.1, 0.15) is 0 Å². The van der Waals surface area contributed by atoms with Gasteiger partial charge < -0.3 is 27.1 Å². The van der Waals surface area contributed by atoms with Crippen molar-refractivity contribution in [2.45, 2.75) is 155 Å². The lowest BCUT2D eigenvalue weighted by atomic mass is 9.93. The quantitative estimate of drug-likeness (QED) is 0.0735. The van der Waals surface area contributed by atoms with Crippen LogP contribution in [0.3, 0.4) is 0 Å². The minimum absolute atomic E-state index is 0.225. The lowest BCUT2D eigenvalue weighted by molar-refractivity contribution is -0.0761. The normalized spacial score (nSPS) is 23.5. The van der Waals surface area contributed by atoms with Crippen LogP contribution in [-0.4, -0.2) is 39.6 Å². The highest BCUT2D eigenvalue weighted by Crippen LogP contribution is 2.53. The zero-order valence-corrected chi connectivity index (χ0v) is 27.4. The lowest BCUT2D eigenvalue weighted by Crippen LogP contribution is -2.44. The van der Waals surface area contributed by atoms with Crippen molar-refractivity contribution in [1.82, 2.24) is 0 Å². The molecule has 1 spiro atoms. The van der Waals surface area contributed by atoms with Crippen molar-refractivity contribution < 1.29 is 27.1 Å². The van der Waals surface area contributed by atoms with Crippen LogP contribution in [0.2, 0.25) is 0 Å². The second-order valence-corrected chi connectivity index (χ2v) is 14.2. The van der Waals surface area contributed by atoms with Gasteiger partial charge in [0.25, 0.3) is 0 Å². The Morgan fingerprint density at radius 3 is 0.949 bits per heavy atom. The molecule has 2 heterocycles. The van der Waals surface area contributed by atoms with Gasteiger partial charge in [0.2, 0.25) is 0 Å². The van der Waals surface area contributed by atoms with Crippen molar-refractivity contribution in [1.29, 1.82) is 0 Å². The minimum atomic E-state index is -1.23. The highest BCUT2D eigenvalue weighted by atomic mass is 31.2. The van der Waals surface area contributed by atoms with Crippen LogP contribution in [-0.2, 0) is 27.1 Å². The van der Waals surface area contributed by atoms with Crippen LogP contribution in [0.4, 0.5) is 0 Å². The Labute approximate surface area is 244 Å². The van der Waals surface area contributed by atoms with Crippen LogP contribution in [0.5, 0.6) is 0 Å². The first-order valence-electron chi connectivity index (χ1n) is 16.7. The summed E-state index contributed by atoms with van der Waals surface area (Å²) < 4.78 is 35.4. The second kappa shape index (κ2) is 25.1. The highest BCUT2D eigenvalue weighted by Gasteiger charge is 2.43. The summed E-state index contributed by atoms with van der Waals surface area (Å²) in [5.74, 6) is 0. The summed E-state index contributed by atoms with van der Waals surface area (Å²) in [7, 11) is -2.46. The van der Waals surface area contributed by atoms with Gasteiger partial charge in [0.15, 0.2) is 0 Å². The Kier molecular flexibility index (Phi) is 23.1. The summed E-state index contributed by atoms with van der Waals surface area (Å²) in [6.45, 7) is 8.27. The van der Waals surface area contributed by atoms with Gasteiger partial charge in [0.05, 0.1) is 45.1 Å². The van der Waals surface area contributed by atoms with Crippen LogP contribution in [0.1, 0.15) is 155 Å². The van der Waals surface area contributed by atoms with E-state index in [2.05, 4.69) is 13.8 Å². The molecule has 0 saturated carbocycles. The third-order valence-electron chi connectivity index (χ3n) is 7.79. The van der Waals surface area contributed by atoms with Crippen LogP contribution in [0.25, 0.3) is 0 Å². The minimum Gasteiger partial charge on any atom is -0.312 e. The molecule has 2 rings (SSSR count). The van der Waals surface area contributed by atoms with Gasteiger partial charge in [-0.05, 0) is 12.8 Å². The predicted molar refractivity (Wildman–Crippen MR) is 165 cm³/mol. The van der Waals surface area contributed by atoms with Gasteiger partial charge >= 0.3 is 17.2 Å². The Morgan fingerprint density at radius 2 is 0.667 bits per heavy atom. The van der Waals surface area contributed by atoms with Crippen molar-refractivity contribution in [3.05, 3.63) is 0 Å². The molecule has 0 radical (unpaired) electrons. The van der Waals surface area contributed by atoms with E-state index in [1.54, 1.807) is 0 Å². The van der Waals surface area contributed by atoms with E-state index in [4.69, 9.17) is 27.1 Å². The molecule has 6 nitrogen and oxygen atoms in total. The highest BCUT2D eigenvalue weighted by molar-refractivity contribution is 7.42. The molecule has 0 aromatic carbocycles. The van der Waals surface area contributed by atoms with Gasteiger partial charge in [-0.1, -0.05) is 142 Å². The lowest BCUT2D eigenvalue weighted by Gasteiger charge is -2.41. The molecule has 2 aliphatic rings. The van der Waals surface area contributed by atoms with Crippen molar-refractivity contribution in [3.8, 4) is 0 Å². The maximum Gasteiger partial charge on any atom is 0.332 e. The van der Waals surface area contributed by atoms with E-state index in [9.17, 15) is 0 Å². The first kappa shape index (κ1) is 35.8. The molecule has 0 aromatic heterocycles. The van der Waals surface area contributed by atoms with Gasteiger partial charge in [-0.3, -0.25) is 0 Å². The maximum absolute atomic E-state index is 5.91. The molecule has 2 saturated heterocycles. The van der Waals surface area contributed by atoms with Crippen molar-refractivity contribution >= 4 is 17.2 Å². The molecule has 0 N–H and O–H groups in total. The summed E-state index contributed by atoms with van der Waals surface area (Å²) in [4.78, 5) is 0. The SMILES string of the molecule is CCCCCCCCCCCCCOP1OCC2(CO1)COP(OCCCCCCCCCCCCC)OC2. The summed E-state index contributed by atoms with van der Waals surface area (Å²) in [6, 6.07) is 0. The summed E-state index contributed by atoms with van der Waals surface area (Å²) >= 11 is 0. The van der Waals surface area contributed by atoms with Crippen LogP contribution >= 0.6 is 17.2 Å². The van der Waals surface area contributed by atoms with Crippen molar-refractivity contribution in [3.63, 3.8) is 0 Å². The first-order valence-corrected chi connectivity index (χ1v) is 18.8. The van der Waals surface area contributed by atoms with E-state index in [-0.39, 0.29) is 5.41 Å². The van der Waals surface area contributed by atoms with E-state index in [1.165, 1.54) is 128 Å². The molecule has 2 fully saturated rings. The first-order chi connectivity index (χ1) is 19.3. The number of rotatable bonds is 26. The molecule has 39 heavy (non-hydrogen) atoms. The Morgan fingerprint density at radius 1 is 0.410 bits per heavy atom. The Hall–Kier alpha value is 0.620. The average Bonchev–Trinajstić information content (AvgIpc) is 2.96. The van der Waals surface area contributed by atoms with E-state index >= 15 is 0 Å². The van der Waals surface area contributed by atoms with Crippen molar-refractivity contribution in [2.75, 3.05) is 39.6 Å². The average molecular weight is 593 g/mol. The zero-order valence-electron chi connectivity index (χ0n) is 25.6. The molecule has 232 valence electrons. The fourth-order valence-electron chi connectivity index (χ4n) is 5.04. The molecule has 0 bridgehead atoms. The predicted octanol–water partition coefficient (Wildman–Crippen LogP) is 11.2. The summed E-state index contributed by atoms with van der Waals surface area (Å²) in [5.41, 5.74) is -0.225. The van der Waals surface area contributed by atoms with Crippen LogP contribution < -0.4 is 0 Å². The molecule has 8 heteroatoms. The van der Waals surface area contributed by atoms with Crippen molar-refractivity contribution in [2.24, 2.45) is 5.41 Å². The zero-order chi connectivity index (χ0) is 27.7. The van der Waals surface area contributed by atoms with Gasteiger partial charge in [-0.25, -0.2) is 0 Å². The summed E-state index contributed by atoms with van der Waals surface area (Å²) in [6.07, 6.45) is 29.4. The third kappa shape index (κ3) is 18.7. The third-order valence-corrected chi connectivity index (χ3v) is 9.94. The Bertz CT molecular complexity index is 476. The number of hydrogen-bond donors (Lipinski definition) is 0. The van der Waals surface area contributed by atoms with E-state index in [1.807, 2.05) is 0 Å². The van der Waals surface area contributed by atoms with E-state index < -0.39 is 17.2 Å². The van der Waals surface area contributed by atoms with Crippen LogP contribution in [0.15, 0.2) is 0 Å². The number of unbranched alkanes of at least 4 members (excludes halogenated alkanes) is 20. The smallest absolute Gasteiger partial charge is 0.312 e. The summed E-state index contributed by atoms with van der Waals surface area (Å²) in [5, 5.41) is 0. The molecule has 0 aromatic rings. The Balaban J connectivity index is 1.34. The molecular formula is C31H62O6P2. The fourth-order valence-corrected chi connectivity index (χ4v) is 7.56.